The van der Waals surface area contributed by atoms with Gasteiger partial charge in [-0.1, -0.05) is 6.07 Å². The van der Waals surface area contributed by atoms with E-state index in [1.165, 1.54) is 29.8 Å². The molecule has 0 bridgehead atoms. The van der Waals surface area contributed by atoms with Gasteiger partial charge in [-0.15, -0.1) is 0 Å². The lowest BCUT2D eigenvalue weighted by atomic mass is 9.83. The van der Waals surface area contributed by atoms with Gasteiger partial charge in [0, 0.05) is 50.2 Å². The lowest BCUT2D eigenvalue weighted by molar-refractivity contribution is -0.125. The summed E-state index contributed by atoms with van der Waals surface area (Å²) in [6, 6.07) is 14.6. The molecule has 34 heavy (non-hydrogen) atoms. The summed E-state index contributed by atoms with van der Waals surface area (Å²) in [7, 11) is 3.40. The second-order valence-electron chi connectivity index (χ2n) is 9.55. The number of nitrogens with one attached hydrogen (secondary N) is 1. The summed E-state index contributed by atoms with van der Waals surface area (Å²) in [4.78, 5) is 20.8. The number of likely N-dealkylation sites (tertiary alicyclic amines) is 1. The van der Waals surface area contributed by atoms with E-state index in [4.69, 9.17) is 9.47 Å². The lowest BCUT2D eigenvalue weighted by Crippen LogP contribution is -2.61. The largest absolute Gasteiger partial charge is 0.497 e. The van der Waals surface area contributed by atoms with Crippen LogP contribution < -0.4 is 24.6 Å². The fraction of sp³-hybridized carbons (Fsp3) is 0.519. The molecular formula is C27H36N4O3. The molecule has 3 aliphatic rings. The van der Waals surface area contributed by atoms with Crippen molar-refractivity contribution in [1.29, 1.82) is 0 Å². The molecule has 0 spiro atoms. The summed E-state index contributed by atoms with van der Waals surface area (Å²) >= 11 is 0. The van der Waals surface area contributed by atoms with E-state index in [0.29, 0.717) is 0 Å². The van der Waals surface area contributed by atoms with Crippen molar-refractivity contribution in [2.45, 2.75) is 25.3 Å². The highest BCUT2D eigenvalue weighted by Gasteiger charge is 2.41. The van der Waals surface area contributed by atoms with Crippen molar-refractivity contribution >= 4 is 17.3 Å². The third-order valence-corrected chi connectivity index (χ3v) is 7.63. The molecule has 3 aliphatic heterocycles. The first-order valence-corrected chi connectivity index (χ1v) is 12.5. The molecule has 7 heteroatoms. The molecule has 1 N–H and O–H groups in total. The molecule has 1 amide bonds. The van der Waals surface area contributed by atoms with Crippen LogP contribution in [0.2, 0.25) is 0 Å². The van der Waals surface area contributed by atoms with Crippen molar-refractivity contribution in [3.05, 3.63) is 48.0 Å². The number of ether oxygens (including phenoxy) is 2. The van der Waals surface area contributed by atoms with Crippen molar-refractivity contribution in [1.82, 2.24) is 10.2 Å². The SMILES string of the molecule is COc1ccc(N2CCN3c4cc(OC)ccc4CC(C(=O)NCCN4CCCC4)C3C2)cc1. The molecule has 3 heterocycles. The van der Waals surface area contributed by atoms with Crippen LogP contribution in [-0.2, 0) is 11.2 Å². The number of rotatable bonds is 7. The van der Waals surface area contributed by atoms with Crippen molar-refractivity contribution in [3.8, 4) is 11.5 Å². The molecule has 2 aromatic carbocycles. The average molecular weight is 465 g/mol. The molecule has 2 unspecified atom stereocenters. The molecule has 2 fully saturated rings. The highest BCUT2D eigenvalue weighted by atomic mass is 16.5. The standard InChI is InChI=1S/C27H36N4O3/c1-33-22-9-6-21(7-10-22)30-15-16-31-25-18-23(34-2)8-5-20(25)17-24(26(31)19-30)27(32)28-11-14-29-12-3-4-13-29/h5-10,18,24,26H,3-4,11-17,19H2,1-2H3,(H,28,32). The quantitative estimate of drug-likeness (QED) is 0.680. The van der Waals surface area contributed by atoms with Crippen LogP contribution in [0.25, 0.3) is 0 Å². The Balaban J connectivity index is 1.35. The Labute approximate surface area is 202 Å². The van der Waals surface area contributed by atoms with Gasteiger partial charge in [-0.05, 0) is 68.2 Å². The Morgan fingerprint density at radius 1 is 0.971 bits per heavy atom. The Kier molecular flexibility index (Phi) is 6.81. The first-order chi connectivity index (χ1) is 16.7. The molecule has 0 radical (unpaired) electrons. The Morgan fingerprint density at radius 2 is 1.71 bits per heavy atom. The number of piperazine rings is 1. The number of benzene rings is 2. The molecule has 0 saturated carbocycles. The molecule has 5 rings (SSSR count). The highest BCUT2D eigenvalue weighted by molar-refractivity contribution is 5.82. The van der Waals surface area contributed by atoms with Crippen LogP contribution in [0, 0.1) is 5.92 Å². The highest BCUT2D eigenvalue weighted by Crippen LogP contribution is 2.39. The predicted octanol–water partition coefficient (Wildman–Crippen LogP) is 2.78. The van der Waals surface area contributed by atoms with E-state index >= 15 is 0 Å². The predicted molar refractivity (Wildman–Crippen MR) is 135 cm³/mol. The van der Waals surface area contributed by atoms with Crippen LogP contribution in [0.3, 0.4) is 0 Å². The summed E-state index contributed by atoms with van der Waals surface area (Å²) in [5.74, 6) is 1.81. The third kappa shape index (κ3) is 4.67. The maximum Gasteiger partial charge on any atom is 0.225 e. The van der Waals surface area contributed by atoms with Gasteiger partial charge in [0.25, 0.3) is 0 Å². The van der Waals surface area contributed by atoms with E-state index in [-0.39, 0.29) is 17.9 Å². The zero-order valence-corrected chi connectivity index (χ0v) is 20.3. The second kappa shape index (κ2) is 10.1. The van der Waals surface area contributed by atoms with Gasteiger partial charge in [-0.25, -0.2) is 0 Å². The molecule has 2 aromatic rings. The van der Waals surface area contributed by atoms with Crippen molar-refractivity contribution in [2.24, 2.45) is 5.92 Å². The molecule has 7 nitrogen and oxygen atoms in total. The van der Waals surface area contributed by atoms with E-state index in [1.807, 2.05) is 18.2 Å². The van der Waals surface area contributed by atoms with E-state index in [1.54, 1.807) is 14.2 Å². The van der Waals surface area contributed by atoms with Crippen LogP contribution in [-0.4, -0.2) is 76.9 Å². The van der Waals surface area contributed by atoms with Crippen molar-refractivity contribution in [2.75, 3.05) is 69.8 Å². The van der Waals surface area contributed by atoms with Gasteiger partial charge in [-0.2, -0.15) is 0 Å². The number of carbonyl (C=O) groups excluding carboxylic acids is 1. The minimum atomic E-state index is -0.0829. The Hall–Kier alpha value is -2.93. The number of anilines is 2. The maximum atomic E-state index is 13.5. The number of nitrogens with zero attached hydrogens (tertiary/aromatic N) is 3. The minimum Gasteiger partial charge on any atom is -0.497 e. The second-order valence-corrected chi connectivity index (χ2v) is 9.55. The molecule has 0 aliphatic carbocycles. The Morgan fingerprint density at radius 3 is 2.44 bits per heavy atom. The van der Waals surface area contributed by atoms with Gasteiger partial charge in [-0.3, -0.25) is 4.79 Å². The molecule has 0 aromatic heterocycles. The van der Waals surface area contributed by atoms with Gasteiger partial charge in [0.15, 0.2) is 0 Å². The van der Waals surface area contributed by atoms with E-state index in [2.05, 4.69) is 44.3 Å². The van der Waals surface area contributed by atoms with E-state index in [9.17, 15) is 4.79 Å². The summed E-state index contributed by atoms with van der Waals surface area (Å²) in [6.45, 7) is 6.56. The summed E-state index contributed by atoms with van der Waals surface area (Å²) in [5, 5.41) is 3.27. The zero-order chi connectivity index (χ0) is 23.5. The summed E-state index contributed by atoms with van der Waals surface area (Å²) < 4.78 is 10.8. The fourth-order valence-electron chi connectivity index (χ4n) is 5.71. The van der Waals surface area contributed by atoms with Gasteiger partial charge in [0.1, 0.15) is 11.5 Å². The summed E-state index contributed by atoms with van der Waals surface area (Å²) in [5.41, 5.74) is 3.61. The van der Waals surface area contributed by atoms with Crippen LogP contribution in [0.5, 0.6) is 11.5 Å². The van der Waals surface area contributed by atoms with Crippen LogP contribution in [0.15, 0.2) is 42.5 Å². The summed E-state index contributed by atoms with van der Waals surface area (Å²) in [6.07, 6.45) is 3.30. The normalized spacial score (nSPS) is 22.2. The average Bonchev–Trinajstić information content (AvgIpc) is 3.41. The van der Waals surface area contributed by atoms with Gasteiger partial charge in [0.05, 0.1) is 26.2 Å². The number of methoxy groups -OCH3 is 2. The Bertz CT molecular complexity index is 990. The maximum absolute atomic E-state index is 13.5. The smallest absolute Gasteiger partial charge is 0.225 e. The van der Waals surface area contributed by atoms with E-state index < -0.39 is 0 Å². The van der Waals surface area contributed by atoms with Gasteiger partial charge < -0.3 is 29.5 Å². The van der Waals surface area contributed by atoms with Crippen LogP contribution >= 0.6 is 0 Å². The first-order valence-electron chi connectivity index (χ1n) is 12.5. The number of hydrogen-bond acceptors (Lipinski definition) is 6. The van der Waals surface area contributed by atoms with Gasteiger partial charge in [0.2, 0.25) is 5.91 Å². The number of amides is 1. The number of fused-ring (bicyclic) bond motifs is 3. The zero-order valence-electron chi connectivity index (χ0n) is 20.3. The van der Waals surface area contributed by atoms with Gasteiger partial charge >= 0.3 is 0 Å². The third-order valence-electron chi connectivity index (χ3n) is 7.63. The van der Waals surface area contributed by atoms with Crippen LogP contribution in [0.1, 0.15) is 18.4 Å². The molecule has 2 saturated heterocycles. The van der Waals surface area contributed by atoms with Crippen molar-refractivity contribution in [3.63, 3.8) is 0 Å². The fourth-order valence-corrected chi connectivity index (χ4v) is 5.71. The first kappa shape index (κ1) is 22.8. The monoisotopic (exact) mass is 464 g/mol. The lowest BCUT2D eigenvalue weighted by Gasteiger charge is -2.49. The molecular weight excluding hydrogens is 428 g/mol. The number of hydrogen-bond donors (Lipinski definition) is 1. The number of carbonyl (C=O) groups is 1. The topological polar surface area (TPSA) is 57.3 Å². The van der Waals surface area contributed by atoms with E-state index in [0.717, 1.165) is 63.7 Å². The van der Waals surface area contributed by atoms with Crippen LogP contribution in [0.4, 0.5) is 11.4 Å². The van der Waals surface area contributed by atoms with Crippen molar-refractivity contribution < 1.29 is 14.3 Å². The molecule has 182 valence electrons. The minimum absolute atomic E-state index is 0.0829. The molecule has 2 atom stereocenters.